The fraction of sp³-hybridized carbons (Fsp3) is 0.455. The van der Waals surface area contributed by atoms with Crippen LogP contribution in [-0.4, -0.2) is 17.4 Å². The summed E-state index contributed by atoms with van der Waals surface area (Å²) in [4.78, 5) is 0. The summed E-state index contributed by atoms with van der Waals surface area (Å²) in [5, 5.41) is 9.38. The highest BCUT2D eigenvalue weighted by Gasteiger charge is 2.28. The van der Waals surface area contributed by atoms with E-state index in [-0.39, 0.29) is 12.0 Å². The van der Waals surface area contributed by atoms with E-state index in [2.05, 4.69) is 15.9 Å². The molecule has 1 unspecified atom stereocenters. The van der Waals surface area contributed by atoms with Gasteiger partial charge in [0, 0.05) is 17.3 Å². The van der Waals surface area contributed by atoms with Crippen LogP contribution < -0.4 is 0 Å². The third kappa shape index (κ3) is 5.50. The van der Waals surface area contributed by atoms with E-state index < -0.39 is 30.9 Å². The van der Waals surface area contributed by atoms with E-state index in [0.29, 0.717) is 4.47 Å². The van der Waals surface area contributed by atoms with Crippen molar-refractivity contribution in [2.75, 3.05) is 0 Å². The van der Waals surface area contributed by atoms with Gasteiger partial charge in [0.1, 0.15) is 5.82 Å². The molecule has 0 fully saturated rings. The highest BCUT2D eigenvalue weighted by Crippen LogP contribution is 2.24. The molecule has 1 nitrogen and oxygen atoms in total. The van der Waals surface area contributed by atoms with Gasteiger partial charge in [-0.1, -0.05) is 22.0 Å². The zero-order valence-corrected chi connectivity index (χ0v) is 10.4. The lowest BCUT2D eigenvalue weighted by molar-refractivity contribution is -0.139. The number of benzene rings is 1. The molecule has 0 spiro atoms. The predicted molar refractivity (Wildman–Crippen MR) is 59.1 cm³/mol. The van der Waals surface area contributed by atoms with Crippen LogP contribution in [0.2, 0.25) is 0 Å². The maximum atomic E-state index is 13.3. The van der Waals surface area contributed by atoms with Crippen molar-refractivity contribution < 1.29 is 22.7 Å². The average Bonchev–Trinajstić information content (AvgIpc) is 2.18. The van der Waals surface area contributed by atoms with E-state index >= 15 is 0 Å². The maximum Gasteiger partial charge on any atom is 0.389 e. The van der Waals surface area contributed by atoms with Crippen molar-refractivity contribution in [2.24, 2.45) is 0 Å². The molecular weight excluding hydrogens is 304 g/mol. The van der Waals surface area contributed by atoms with Gasteiger partial charge in [0.2, 0.25) is 0 Å². The van der Waals surface area contributed by atoms with E-state index in [4.69, 9.17) is 0 Å². The molecule has 1 aromatic rings. The van der Waals surface area contributed by atoms with E-state index in [1.165, 1.54) is 12.1 Å². The van der Waals surface area contributed by atoms with Gasteiger partial charge in [-0.15, -0.1) is 0 Å². The third-order valence-electron chi connectivity index (χ3n) is 2.23. The summed E-state index contributed by atoms with van der Waals surface area (Å²) in [6.45, 7) is 0. The maximum absolute atomic E-state index is 13.3. The Hall–Kier alpha value is -0.620. The van der Waals surface area contributed by atoms with Gasteiger partial charge >= 0.3 is 6.18 Å². The molecule has 0 amide bonds. The van der Waals surface area contributed by atoms with Gasteiger partial charge in [-0.25, -0.2) is 4.39 Å². The summed E-state index contributed by atoms with van der Waals surface area (Å²) in [6.07, 6.45) is -7.08. The molecule has 0 heterocycles. The Morgan fingerprint density at radius 2 is 1.94 bits per heavy atom. The molecule has 1 rings (SSSR count). The molecule has 0 aliphatic carbocycles. The highest BCUT2D eigenvalue weighted by atomic mass is 79.9. The van der Waals surface area contributed by atoms with E-state index in [1.807, 2.05) is 0 Å². The van der Waals surface area contributed by atoms with Crippen LogP contribution in [0.15, 0.2) is 22.7 Å². The first-order valence-corrected chi connectivity index (χ1v) is 5.76. The molecular formula is C11H11BrF4O. The monoisotopic (exact) mass is 314 g/mol. The quantitative estimate of drug-likeness (QED) is 0.837. The van der Waals surface area contributed by atoms with Crippen LogP contribution in [0.4, 0.5) is 17.6 Å². The first-order chi connectivity index (χ1) is 7.78. The highest BCUT2D eigenvalue weighted by molar-refractivity contribution is 9.10. The summed E-state index contributed by atoms with van der Waals surface area (Å²) in [5.74, 6) is -0.537. The van der Waals surface area contributed by atoms with Crippen molar-refractivity contribution >= 4 is 15.9 Å². The van der Waals surface area contributed by atoms with Gasteiger partial charge < -0.3 is 5.11 Å². The van der Waals surface area contributed by atoms with Crippen LogP contribution in [-0.2, 0) is 6.42 Å². The smallest absolute Gasteiger partial charge is 0.389 e. The van der Waals surface area contributed by atoms with Gasteiger partial charge in [-0.3, -0.25) is 0 Å². The number of alkyl halides is 3. The summed E-state index contributed by atoms with van der Waals surface area (Å²) < 4.78 is 49.6. The first kappa shape index (κ1) is 14.4. The molecule has 0 aromatic heterocycles. The summed E-state index contributed by atoms with van der Waals surface area (Å²) in [5.41, 5.74) is 0.211. The summed E-state index contributed by atoms with van der Waals surface area (Å²) >= 11 is 3.07. The fourth-order valence-corrected chi connectivity index (χ4v) is 1.71. The largest absolute Gasteiger partial charge is 0.393 e. The second-order valence-corrected chi connectivity index (χ2v) is 4.66. The van der Waals surface area contributed by atoms with Crippen LogP contribution >= 0.6 is 15.9 Å². The van der Waals surface area contributed by atoms with Gasteiger partial charge in [-0.2, -0.15) is 13.2 Å². The topological polar surface area (TPSA) is 20.2 Å². The number of aliphatic hydroxyl groups is 1. The van der Waals surface area contributed by atoms with Crippen molar-refractivity contribution in [1.82, 2.24) is 0 Å². The first-order valence-electron chi connectivity index (χ1n) is 4.96. The lowest BCUT2D eigenvalue weighted by atomic mass is 10.0. The predicted octanol–water partition coefficient (Wildman–Crippen LogP) is 3.83. The minimum atomic E-state index is -4.29. The standard InChI is InChI=1S/C11H11BrF4O/c12-8-2-1-7(10(13)6-8)5-9(17)3-4-11(14,15)16/h1-2,6,9,17H,3-5H2. The minimum Gasteiger partial charge on any atom is -0.393 e. The second-order valence-electron chi connectivity index (χ2n) is 3.75. The molecule has 96 valence electrons. The Kier molecular flexibility index (Phi) is 4.94. The van der Waals surface area contributed by atoms with Crippen molar-refractivity contribution in [1.29, 1.82) is 0 Å². The zero-order valence-electron chi connectivity index (χ0n) is 8.77. The van der Waals surface area contributed by atoms with Crippen molar-refractivity contribution in [3.8, 4) is 0 Å². The van der Waals surface area contributed by atoms with Gasteiger partial charge in [0.25, 0.3) is 0 Å². The van der Waals surface area contributed by atoms with E-state index in [9.17, 15) is 22.7 Å². The number of hydrogen-bond donors (Lipinski definition) is 1. The van der Waals surface area contributed by atoms with Crippen LogP contribution in [0.5, 0.6) is 0 Å². The molecule has 1 N–H and O–H groups in total. The van der Waals surface area contributed by atoms with Crippen molar-refractivity contribution in [3.63, 3.8) is 0 Å². The molecule has 1 aromatic carbocycles. The zero-order chi connectivity index (χ0) is 13.1. The molecule has 0 radical (unpaired) electrons. The summed E-state index contributed by atoms with van der Waals surface area (Å²) in [7, 11) is 0. The normalized spacial score (nSPS) is 13.8. The minimum absolute atomic E-state index is 0.116. The Balaban J connectivity index is 2.53. The van der Waals surface area contributed by atoms with E-state index in [0.717, 1.165) is 0 Å². The van der Waals surface area contributed by atoms with Crippen LogP contribution in [0.3, 0.4) is 0 Å². The third-order valence-corrected chi connectivity index (χ3v) is 2.72. The molecule has 1 atom stereocenters. The Labute approximate surface area is 105 Å². The molecule has 0 aliphatic rings. The lowest BCUT2D eigenvalue weighted by Crippen LogP contribution is -2.16. The second kappa shape index (κ2) is 5.82. The molecule has 0 saturated heterocycles. The Bertz CT molecular complexity index is 378. The fourth-order valence-electron chi connectivity index (χ4n) is 1.37. The lowest BCUT2D eigenvalue weighted by Gasteiger charge is -2.12. The van der Waals surface area contributed by atoms with Gasteiger partial charge in [-0.05, 0) is 24.1 Å². The number of halogens is 5. The molecule has 6 heteroatoms. The molecule has 0 bridgehead atoms. The number of aliphatic hydroxyl groups excluding tert-OH is 1. The number of rotatable bonds is 4. The Morgan fingerprint density at radius 1 is 1.29 bits per heavy atom. The van der Waals surface area contributed by atoms with Crippen LogP contribution in [0, 0.1) is 5.82 Å². The SMILES string of the molecule is OC(CCC(F)(F)F)Cc1ccc(Br)cc1F. The Morgan fingerprint density at radius 3 is 2.47 bits per heavy atom. The average molecular weight is 315 g/mol. The van der Waals surface area contributed by atoms with Gasteiger partial charge in [0.15, 0.2) is 0 Å². The van der Waals surface area contributed by atoms with Crippen LogP contribution in [0.25, 0.3) is 0 Å². The van der Waals surface area contributed by atoms with E-state index in [1.54, 1.807) is 6.07 Å². The summed E-state index contributed by atoms with van der Waals surface area (Å²) in [6, 6.07) is 4.23. The van der Waals surface area contributed by atoms with Crippen molar-refractivity contribution in [3.05, 3.63) is 34.1 Å². The van der Waals surface area contributed by atoms with Gasteiger partial charge in [0.05, 0.1) is 6.10 Å². The van der Waals surface area contributed by atoms with Crippen LogP contribution in [0.1, 0.15) is 18.4 Å². The molecule has 0 saturated carbocycles. The molecule has 17 heavy (non-hydrogen) atoms. The number of hydrogen-bond acceptors (Lipinski definition) is 1. The van der Waals surface area contributed by atoms with Crippen molar-refractivity contribution in [2.45, 2.75) is 31.5 Å². The molecule has 0 aliphatic heterocycles.